The Kier molecular flexibility index (Phi) is 6.79. The van der Waals surface area contributed by atoms with Crippen LogP contribution >= 0.6 is 0 Å². The lowest BCUT2D eigenvalue weighted by atomic mass is 10.1. The van der Waals surface area contributed by atoms with E-state index in [4.69, 9.17) is 9.47 Å². The molecule has 8 heteroatoms. The zero-order valence-corrected chi connectivity index (χ0v) is 19.1. The first-order valence-corrected chi connectivity index (χ1v) is 11.8. The van der Waals surface area contributed by atoms with E-state index in [1.807, 2.05) is 30.3 Å². The van der Waals surface area contributed by atoms with Gasteiger partial charge in [-0.1, -0.05) is 42.5 Å². The highest BCUT2D eigenvalue weighted by Crippen LogP contribution is 2.30. The molecule has 0 fully saturated rings. The summed E-state index contributed by atoms with van der Waals surface area (Å²) in [5.74, 6) is 1.13. The summed E-state index contributed by atoms with van der Waals surface area (Å²) in [7, 11) is -2.43. The quantitative estimate of drug-likeness (QED) is 0.350. The molecule has 4 aromatic rings. The first-order chi connectivity index (χ1) is 16.5. The van der Waals surface area contributed by atoms with E-state index in [9.17, 15) is 13.2 Å². The van der Waals surface area contributed by atoms with Gasteiger partial charge in [-0.2, -0.15) is 0 Å². The minimum atomic E-state index is -3.93. The second-order valence-corrected chi connectivity index (χ2v) is 8.87. The van der Waals surface area contributed by atoms with E-state index in [0.717, 1.165) is 0 Å². The number of anilines is 2. The molecule has 0 aliphatic carbocycles. The Hall–Kier alpha value is -4.30. The van der Waals surface area contributed by atoms with Crippen molar-refractivity contribution >= 4 is 27.3 Å². The van der Waals surface area contributed by atoms with Crippen LogP contribution in [0, 0.1) is 0 Å². The van der Waals surface area contributed by atoms with Crippen LogP contribution in [0.15, 0.2) is 108 Å². The van der Waals surface area contributed by atoms with Gasteiger partial charge >= 0.3 is 0 Å². The fraction of sp³-hybridized carbons (Fsp3) is 0.0385. The molecular weight excluding hydrogens is 452 g/mol. The van der Waals surface area contributed by atoms with E-state index >= 15 is 0 Å². The third kappa shape index (κ3) is 5.36. The summed E-state index contributed by atoms with van der Waals surface area (Å²) in [6.07, 6.45) is 0. The highest BCUT2D eigenvalue weighted by atomic mass is 32.2. The Morgan fingerprint density at radius 3 is 2.03 bits per heavy atom. The van der Waals surface area contributed by atoms with E-state index in [0.29, 0.717) is 22.9 Å². The Labute approximate surface area is 198 Å². The second-order valence-electron chi connectivity index (χ2n) is 7.19. The molecule has 0 saturated carbocycles. The summed E-state index contributed by atoms with van der Waals surface area (Å²) in [6, 6.07) is 28.6. The molecule has 7 nitrogen and oxygen atoms in total. The van der Waals surface area contributed by atoms with Gasteiger partial charge in [0.1, 0.15) is 11.5 Å². The van der Waals surface area contributed by atoms with Crippen molar-refractivity contribution in [2.45, 2.75) is 4.90 Å². The molecule has 0 spiro atoms. The summed E-state index contributed by atoms with van der Waals surface area (Å²) in [5, 5.41) is 2.81. The lowest BCUT2D eigenvalue weighted by Crippen LogP contribution is -2.18. The summed E-state index contributed by atoms with van der Waals surface area (Å²) >= 11 is 0. The molecule has 0 aliphatic heterocycles. The fourth-order valence-corrected chi connectivity index (χ4v) is 4.27. The van der Waals surface area contributed by atoms with Gasteiger partial charge in [0.2, 0.25) is 0 Å². The van der Waals surface area contributed by atoms with Gasteiger partial charge in [0.05, 0.1) is 28.9 Å². The number of carbonyl (C=O) groups excluding carboxylic acids is 1. The molecule has 0 aliphatic rings. The number of amides is 1. The van der Waals surface area contributed by atoms with Gasteiger partial charge in [-0.15, -0.1) is 0 Å². The van der Waals surface area contributed by atoms with Crippen molar-refractivity contribution in [3.63, 3.8) is 0 Å². The number of rotatable bonds is 8. The van der Waals surface area contributed by atoms with Gasteiger partial charge in [-0.25, -0.2) is 8.42 Å². The second kappa shape index (κ2) is 10.1. The molecule has 4 aromatic carbocycles. The van der Waals surface area contributed by atoms with Gasteiger partial charge in [0, 0.05) is 0 Å². The molecule has 172 valence electrons. The van der Waals surface area contributed by atoms with Crippen LogP contribution in [0.1, 0.15) is 10.4 Å². The molecule has 2 N–H and O–H groups in total. The van der Waals surface area contributed by atoms with E-state index in [1.54, 1.807) is 54.6 Å². The molecule has 0 bridgehead atoms. The lowest BCUT2D eigenvalue weighted by Gasteiger charge is -2.15. The van der Waals surface area contributed by atoms with Gasteiger partial charge < -0.3 is 14.8 Å². The van der Waals surface area contributed by atoms with Crippen molar-refractivity contribution in [2.75, 3.05) is 17.1 Å². The molecule has 0 atom stereocenters. The predicted molar refractivity (Wildman–Crippen MR) is 131 cm³/mol. The first kappa shape index (κ1) is 22.9. The minimum absolute atomic E-state index is 0.0464. The average Bonchev–Trinajstić information content (AvgIpc) is 2.86. The predicted octanol–water partition coefficient (Wildman–Crippen LogP) is 5.54. The van der Waals surface area contributed by atoms with Crippen LogP contribution in [-0.4, -0.2) is 21.4 Å². The summed E-state index contributed by atoms with van der Waals surface area (Å²) < 4.78 is 39.3. The van der Waals surface area contributed by atoms with Crippen LogP contribution in [-0.2, 0) is 10.0 Å². The van der Waals surface area contributed by atoms with Crippen LogP contribution < -0.4 is 19.5 Å². The third-order valence-electron chi connectivity index (χ3n) is 4.89. The molecule has 0 radical (unpaired) electrons. The van der Waals surface area contributed by atoms with Gasteiger partial charge in [0.15, 0.2) is 5.75 Å². The molecule has 0 saturated heterocycles. The summed E-state index contributed by atoms with van der Waals surface area (Å²) in [5.41, 5.74) is 0.760. The number of ether oxygens (including phenoxy) is 2. The highest BCUT2D eigenvalue weighted by Gasteiger charge is 2.19. The van der Waals surface area contributed by atoms with Crippen molar-refractivity contribution < 1.29 is 22.7 Å². The van der Waals surface area contributed by atoms with Crippen LogP contribution in [0.4, 0.5) is 11.4 Å². The first-order valence-electron chi connectivity index (χ1n) is 10.4. The number of methoxy groups -OCH3 is 1. The number of benzene rings is 4. The van der Waals surface area contributed by atoms with Crippen molar-refractivity contribution in [2.24, 2.45) is 0 Å². The largest absolute Gasteiger partial charge is 0.497 e. The number of carbonyl (C=O) groups is 1. The van der Waals surface area contributed by atoms with Gasteiger partial charge in [0.25, 0.3) is 15.9 Å². The number of nitrogens with one attached hydrogen (secondary N) is 2. The molecule has 0 aromatic heterocycles. The molecule has 0 unspecified atom stereocenters. The van der Waals surface area contributed by atoms with E-state index in [1.165, 1.54) is 25.3 Å². The standard InChI is InChI=1S/C26H22N2O5S/c1-32-19-15-17-21(18-16-19)34(30,31)28-23-12-6-5-11-22(23)26(29)27-24-13-7-8-14-25(24)33-20-9-3-2-4-10-20/h2-18,28H,1H3,(H,27,29). The molecule has 1 amide bonds. The van der Waals surface area contributed by atoms with E-state index < -0.39 is 15.9 Å². The van der Waals surface area contributed by atoms with Crippen molar-refractivity contribution in [3.8, 4) is 17.2 Å². The van der Waals surface area contributed by atoms with Crippen LogP contribution in [0.25, 0.3) is 0 Å². The molecule has 34 heavy (non-hydrogen) atoms. The molecule has 4 rings (SSSR count). The van der Waals surface area contributed by atoms with Crippen LogP contribution in [0.2, 0.25) is 0 Å². The topological polar surface area (TPSA) is 93.7 Å². The number of para-hydroxylation sites is 4. The Bertz CT molecular complexity index is 1390. The lowest BCUT2D eigenvalue weighted by molar-refractivity contribution is 0.102. The average molecular weight is 475 g/mol. The van der Waals surface area contributed by atoms with E-state index in [-0.39, 0.29) is 16.1 Å². The summed E-state index contributed by atoms with van der Waals surface area (Å²) in [6.45, 7) is 0. The van der Waals surface area contributed by atoms with Gasteiger partial charge in [-0.3, -0.25) is 9.52 Å². The maximum absolute atomic E-state index is 13.1. The smallest absolute Gasteiger partial charge is 0.261 e. The van der Waals surface area contributed by atoms with Crippen molar-refractivity contribution in [3.05, 3.63) is 109 Å². The Morgan fingerprint density at radius 1 is 0.706 bits per heavy atom. The van der Waals surface area contributed by atoms with E-state index in [2.05, 4.69) is 10.0 Å². The van der Waals surface area contributed by atoms with Crippen molar-refractivity contribution in [1.29, 1.82) is 0 Å². The maximum atomic E-state index is 13.1. The Balaban J connectivity index is 1.57. The summed E-state index contributed by atoms with van der Waals surface area (Å²) in [4.78, 5) is 13.2. The Morgan fingerprint density at radius 2 is 1.32 bits per heavy atom. The number of hydrogen-bond donors (Lipinski definition) is 2. The van der Waals surface area contributed by atoms with Crippen molar-refractivity contribution in [1.82, 2.24) is 0 Å². The zero-order chi connectivity index (χ0) is 24.0. The molecular formula is C26H22N2O5S. The monoisotopic (exact) mass is 474 g/mol. The maximum Gasteiger partial charge on any atom is 0.261 e. The van der Waals surface area contributed by atoms with Crippen LogP contribution in [0.5, 0.6) is 17.2 Å². The van der Waals surface area contributed by atoms with Crippen LogP contribution in [0.3, 0.4) is 0 Å². The molecule has 0 heterocycles. The highest BCUT2D eigenvalue weighted by molar-refractivity contribution is 7.92. The minimum Gasteiger partial charge on any atom is -0.497 e. The number of hydrogen-bond acceptors (Lipinski definition) is 5. The fourth-order valence-electron chi connectivity index (χ4n) is 3.19. The van der Waals surface area contributed by atoms with Gasteiger partial charge in [-0.05, 0) is 60.7 Å². The zero-order valence-electron chi connectivity index (χ0n) is 18.3. The third-order valence-corrected chi connectivity index (χ3v) is 6.27. The normalized spacial score (nSPS) is 10.9. The number of sulfonamides is 1. The SMILES string of the molecule is COc1ccc(S(=O)(=O)Nc2ccccc2C(=O)Nc2ccccc2Oc2ccccc2)cc1.